The predicted octanol–water partition coefficient (Wildman–Crippen LogP) is 3.02. The first-order valence-electron chi connectivity index (χ1n) is 8.00. The van der Waals surface area contributed by atoms with Gasteiger partial charge in [0.25, 0.3) is 0 Å². The fourth-order valence-corrected chi connectivity index (χ4v) is 3.76. The Balaban J connectivity index is 2.53. The van der Waals surface area contributed by atoms with Gasteiger partial charge in [-0.05, 0) is 17.4 Å². The molecule has 1 aliphatic rings. The molecule has 1 aliphatic heterocycles. The van der Waals surface area contributed by atoms with Crippen molar-refractivity contribution in [3.8, 4) is 0 Å². The molecule has 0 bridgehead atoms. The SMILES string of the molecule is C=C1CN(Cc2ccccc2)[C@H](C(=O)O)[C@](C(=O)O)(C(C)(C)C)C1. The molecule has 1 heterocycles. The molecule has 0 saturated carbocycles. The lowest BCUT2D eigenvalue weighted by atomic mass is 9.57. The van der Waals surface area contributed by atoms with Crippen molar-refractivity contribution in [3.05, 3.63) is 48.0 Å². The van der Waals surface area contributed by atoms with Crippen LogP contribution in [0, 0.1) is 10.8 Å². The highest BCUT2D eigenvalue weighted by Crippen LogP contribution is 2.51. The van der Waals surface area contributed by atoms with Gasteiger partial charge in [-0.15, -0.1) is 0 Å². The van der Waals surface area contributed by atoms with Crippen molar-refractivity contribution in [2.45, 2.75) is 39.8 Å². The summed E-state index contributed by atoms with van der Waals surface area (Å²) in [4.78, 5) is 26.1. The molecule has 0 aliphatic carbocycles. The molecule has 0 radical (unpaired) electrons. The van der Waals surface area contributed by atoms with Gasteiger partial charge in [-0.1, -0.05) is 63.3 Å². The summed E-state index contributed by atoms with van der Waals surface area (Å²) in [6.07, 6.45) is 0.175. The van der Waals surface area contributed by atoms with Gasteiger partial charge < -0.3 is 10.2 Å². The smallest absolute Gasteiger partial charge is 0.322 e. The van der Waals surface area contributed by atoms with E-state index in [-0.39, 0.29) is 6.42 Å². The van der Waals surface area contributed by atoms with Crippen molar-refractivity contribution >= 4 is 11.9 Å². The number of carbonyl (C=O) groups is 2. The number of benzene rings is 1. The van der Waals surface area contributed by atoms with Crippen molar-refractivity contribution in [1.29, 1.82) is 0 Å². The van der Waals surface area contributed by atoms with Crippen molar-refractivity contribution in [2.24, 2.45) is 10.8 Å². The molecule has 0 spiro atoms. The fraction of sp³-hybridized carbons (Fsp3) is 0.474. The van der Waals surface area contributed by atoms with Crippen LogP contribution in [0.3, 0.4) is 0 Å². The summed E-state index contributed by atoms with van der Waals surface area (Å²) in [5.74, 6) is -2.18. The minimum absolute atomic E-state index is 0.175. The fourth-order valence-electron chi connectivity index (χ4n) is 3.76. The number of rotatable bonds is 4. The zero-order chi connectivity index (χ0) is 18.1. The maximum Gasteiger partial charge on any atom is 0.322 e. The third-order valence-corrected chi connectivity index (χ3v) is 4.97. The predicted molar refractivity (Wildman–Crippen MR) is 91.6 cm³/mol. The molecule has 24 heavy (non-hydrogen) atoms. The number of likely N-dealkylation sites (tertiary alicyclic amines) is 1. The monoisotopic (exact) mass is 331 g/mol. The number of carboxylic acid groups (broad SMARTS) is 2. The Morgan fingerprint density at radius 1 is 1.25 bits per heavy atom. The van der Waals surface area contributed by atoms with Crippen molar-refractivity contribution < 1.29 is 19.8 Å². The first-order valence-corrected chi connectivity index (χ1v) is 8.00. The number of carboxylic acids is 2. The van der Waals surface area contributed by atoms with Crippen LogP contribution in [0.25, 0.3) is 0 Å². The Morgan fingerprint density at radius 2 is 1.83 bits per heavy atom. The standard InChI is InChI=1S/C19H25NO4/c1-13-10-19(17(23)24,18(2,3)4)15(16(21)22)20(11-13)12-14-8-6-5-7-9-14/h5-9,15H,1,10-12H2,2-4H3,(H,21,22)(H,23,24)/t15-,19-/m1/s1. The Bertz CT molecular complexity index is 647. The molecule has 2 N–H and O–H groups in total. The third-order valence-electron chi connectivity index (χ3n) is 4.97. The molecule has 5 nitrogen and oxygen atoms in total. The van der Waals surface area contributed by atoms with E-state index in [2.05, 4.69) is 6.58 Å². The molecule has 5 heteroatoms. The van der Waals surface area contributed by atoms with Gasteiger partial charge in [0, 0.05) is 13.1 Å². The van der Waals surface area contributed by atoms with Gasteiger partial charge in [0.05, 0.1) is 0 Å². The topological polar surface area (TPSA) is 77.8 Å². The molecule has 130 valence electrons. The van der Waals surface area contributed by atoms with Crippen LogP contribution < -0.4 is 0 Å². The molecular formula is C19H25NO4. The number of piperidine rings is 1. The lowest BCUT2D eigenvalue weighted by Crippen LogP contribution is -2.64. The maximum atomic E-state index is 12.3. The van der Waals surface area contributed by atoms with Gasteiger partial charge in [-0.2, -0.15) is 0 Å². The van der Waals surface area contributed by atoms with Crippen LogP contribution in [0.2, 0.25) is 0 Å². The second-order valence-corrected chi connectivity index (χ2v) is 7.58. The molecule has 2 rings (SSSR count). The Labute approximate surface area is 142 Å². The van der Waals surface area contributed by atoms with E-state index in [4.69, 9.17) is 0 Å². The minimum Gasteiger partial charge on any atom is -0.481 e. The van der Waals surface area contributed by atoms with E-state index in [0.717, 1.165) is 11.1 Å². The highest BCUT2D eigenvalue weighted by molar-refractivity contribution is 5.87. The van der Waals surface area contributed by atoms with Gasteiger partial charge >= 0.3 is 11.9 Å². The molecule has 1 fully saturated rings. The average molecular weight is 331 g/mol. The summed E-state index contributed by atoms with van der Waals surface area (Å²) in [6.45, 7) is 10.1. The van der Waals surface area contributed by atoms with Gasteiger partial charge in [-0.3, -0.25) is 14.5 Å². The van der Waals surface area contributed by atoms with Crippen LogP contribution >= 0.6 is 0 Å². The zero-order valence-corrected chi connectivity index (χ0v) is 14.5. The second-order valence-electron chi connectivity index (χ2n) is 7.58. The summed E-state index contributed by atoms with van der Waals surface area (Å²) in [7, 11) is 0. The summed E-state index contributed by atoms with van der Waals surface area (Å²) in [5.41, 5.74) is -0.462. The van der Waals surface area contributed by atoms with Gasteiger partial charge in [0.2, 0.25) is 0 Å². The second kappa shape index (κ2) is 6.40. The first-order chi connectivity index (χ1) is 11.1. The van der Waals surface area contributed by atoms with Crippen LogP contribution in [0.15, 0.2) is 42.5 Å². The van der Waals surface area contributed by atoms with Crippen LogP contribution in [0.1, 0.15) is 32.8 Å². The quantitative estimate of drug-likeness (QED) is 0.829. The van der Waals surface area contributed by atoms with Crippen LogP contribution in [-0.2, 0) is 16.1 Å². The molecule has 0 unspecified atom stereocenters. The molecule has 0 amide bonds. The van der Waals surface area contributed by atoms with E-state index in [0.29, 0.717) is 13.1 Å². The summed E-state index contributed by atoms with van der Waals surface area (Å²) < 4.78 is 0. The Morgan fingerprint density at radius 3 is 2.29 bits per heavy atom. The van der Waals surface area contributed by atoms with Crippen molar-refractivity contribution in [2.75, 3.05) is 6.54 Å². The maximum absolute atomic E-state index is 12.3. The van der Waals surface area contributed by atoms with E-state index in [1.807, 2.05) is 30.3 Å². The van der Waals surface area contributed by atoms with Crippen molar-refractivity contribution in [1.82, 2.24) is 4.90 Å². The van der Waals surface area contributed by atoms with Crippen LogP contribution in [0.4, 0.5) is 0 Å². The summed E-state index contributed by atoms with van der Waals surface area (Å²) >= 11 is 0. The summed E-state index contributed by atoms with van der Waals surface area (Å²) in [6, 6.07) is 8.38. The molecule has 1 aromatic carbocycles. The lowest BCUT2D eigenvalue weighted by molar-refractivity contribution is -0.178. The molecule has 0 aromatic heterocycles. The van der Waals surface area contributed by atoms with E-state index >= 15 is 0 Å². The van der Waals surface area contributed by atoms with Crippen LogP contribution in [-0.4, -0.2) is 39.6 Å². The van der Waals surface area contributed by atoms with E-state index in [9.17, 15) is 19.8 Å². The molecular weight excluding hydrogens is 306 g/mol. The Hall–Kier alpha value is -2.14. The number of hydrogen-bond acceptors (Lipinski definition) is 3. The molecule has 1 aromatic rings. The molecule has 1 saturated heterocycles. The highest BCUT2D eigenvalue weighted by atomic mass is 16.4. The molecule has 2 atom stereocenters. The highest BCUT2D eigenvalue weighted by Gasteiger charge is 2.61. The first kappa shape index (κ1) is 18.2. The number of hydrogen-bond donors (Lipinski definition) is 2. The lowest BCUT2D eigenvalue weighted by Gasteiger charge is -2.52. The largest absolute Gasteiger partial charge is 0.481 e. The van der Waals surface area contributed by atoms with Gasteiger partial charge in [0.15, 0.2) is 0 Å². The normalized spacial score (nSPS) is 25.5. The third kappa shape index (κ3) is 3.08. The zero-order valence-electron chi connectivity index (χ0n) is 14.5. The Kier molecular flexibility index (Phi) is 4.85. The van der Waals surface area contributed by atoms with Crippen LogP contribution in [0.5, 0.6) is 0 Å². The van der Waals surface area contributed by atoms with Gasteiger partial charge in [-0.25, -0.2) is 0 Å². The minimum atomic E-state index is -1.43. The average Bonchev–Trinajstić information content (AvgIpc) is 2.45. The van der Waals surface area contributed by atoms with E-state index < -0.39 is 28.8 Å². The van der Waals surface area contributed by atoms with E-state index in [1.54, 1.807) is 25.7 Å². The number of aliphatic carboxylic acids is 2. The van der Waals surface area contributed by atoms with Crippen molar-refractivity contribution in [3.63, 3.8) is 0 Å². The number of nitrogens with zero attached hydrogens (tertiary/aromatic N) is 1. The van der Waals surface area contributed by atoms with Gasteiger partial charge in [0.1, 0.15) is 11.5 Å². The van der Waals surface area contributed by atoms with E-state index in [1.165, 1.54) is 0 Å². The summed E-state index contributed by atoms with van der Waals surface area (Å²) in [5, 5.41) is 19.9.